The van der Waals surface area contributed by atoms with Crippen molar-refractivity contribution in [3.8, 4) is 5.75 Å². The lowest BCUT2D eigenvalue weighted by Crippen LogP contribution is -1.96. The van der Waals surface area contributed by atoms with Gasteiger partial charge in [0, 0.05) is 11.3 Å². The average molecular weight is 281 g/mol. The molecule has 0 saturated heterocycles. The molecule has 0 unspecified atom stereocenters. The summed E-state index contributed by atoms with van der Waals surface area (Å²) < 4.78 is 10.7. The van der Waals surface area contributed by atoms with Gasteiger partial charge in [-0.3, -0.25) is 0 Å². The molecule has 2 aromatic rings. The molecule has 4 nitrogen and oxygen atoms in total. The van der Waals surface area contributed by atoms with E-state index in [1.807, 2.05) is 32.0 Å². The molecule has 0 aliphatic rings. The maximum atomic E-state index is 5.83. The van der Waals surface area contributed by atoms with E-state index in [1.165, 1.54) is 11.5 Å². The highest BCUT2D eigenvalue weighted by molar-refractivity contribution is 8.01. The second kappa shape index (κ2) is 6.06. The lowest BCUT2D eigenvalue weighted by atomic mass is 10.3. The number of benzene rings is 1. The zero-order chi connectivity index (χ0) is 13.0. The minimum Gasteiger partial charge on any atom is -0.492 e. The molecule has 0 amide bonds. The third kappa shape index (κ3) is 3.14. The number of hydrogen-bond donors (Lipinski definition) is 1. The third-order valence-electron chi connectivity index (χ3n) is 2.26. The predicted octanol–water partition coefficient (Wildman–Crippen LogP) is 3.23. The summed E-state index contributed by atoms with van der Waals surface area (Å²) >= 11 is 3.00. The van der Waals surface area contributed by atoms with Crippen LogP contribution in [0.5, 0.6) is 5.75 Å². The van der Waals surface area contributed by atoms with Crippen molar-refractivity contribution in [3.63, 3.8) is 0 Å². The van der Waals surface area contributed by atoms with Crippen LogP contribution in [0.15, 0.2) is 27.4 Å². The van der Waals surface area contributed by atoms with Crippen LogP contribution in [0.3, 0.4) is 0 Å². The standard InChI is InChI=1S/C12H15N3OS2/c1-3-11-14-12(18-15-11)17-8-5-6-9(13)10(7-8)16-4-2/h5-7H,3-4,13H2,1-2H3. The van der Waals surface area contributed by atoms with Gasteiger partial charge < -0.3 is 10.5 Å². The van der Waals surface area contributed by atoms with Crippen molar-refractivity contribution in [3.05, 3.63) is 24.0 Å². The largest absolute Gasteiger partial charge is 0.492 e. The second-order valence-electron chi connectivity index (χ2n) is 3.56. The molecule has 1 aromatic carbocycles. The van der Waals surface area contributed by atoms with Crippen molar-refractivity contribution >= 4 is 29.0 Å². The van der Waals surface area contributed by atoms with E-state index in [1.54, 1.807) is 11.8 Å². The van der Waals surface area contributed by atoms with Gasteiger partial charge >= 0.3 is 0 Å². The second-order valence-corrected chi connectivity index (χ2v) is 5.64. The first-order valence-electron chi connectivity index (χ1n) is 5.75. The summed E-state index contributed by atoms with van der Waals surface area (Å²) in [5, 5.41) is 0. The van der Waals surface area contributed by atoms with Gasteiger partial charge in [-0.1, -0.05) is 18.7 Å². The van der Waals surface area contributed by atoms with Gasteiger partial charge in [0.05, 0.1) is 12.3 Å². The summed E-state index contributed by atoms with van der Waals surface area (Å²) in [4.78, 5) is 5.48. The van der Waals surface area contributed by atoms with E-state index in [-0.39, 0.29) is 0 Å². The Morgan fingerprint density at radius 3 is 2.89 bits per heavy atom. The zero-order valence-electron chi connectivity index (χ0n) is 10.3. The van der Waals surface area contributed by atoms with Gasteiger partial charge in [0.25, 0.3) is 0 Å². The van der Waals surface area contributed by atoms with E-state index in [0.29, 0.717) is 12.3 Å². The quantitative estimate of drug-likeness (QED) is 0.853. The van der Waals surface area contributed by atoms with E-state index in [4.69, 9.17) is 10.5 Å². The summed E-state index contributed by atoms with van der Waals surface area (Å²) in [5.41, 5.74) is 6.49. The SMILES string of the molecule is CCOc1cc(Sc2nc(CC)ns2)ccc1N. The number of aryl methyl sites for hydroxylation is 1. The van der Waals surface area contributed by atoms with Crippen LogP contribution < -0.4 is 10.5 Å². The van der Waals surface area contributed by atoms with Gasteiger partial charge in [-0.2, -0.15) is 4.37 Å². The monoisotopic (exact) mass is 281 g/mol. The van der Waals surface area contributed by atoms with E-state index in [2.05, 4.69) is 9.36 Å². The molecule has 0 saturated carbocycles. The fourth-order valence-corrected chi connectivity index (χ4v) is 3.09. The zero-order valence-corrected chi connectivity index (χ0v) is 12.0. The highest BCUT2D eigenvalue weighted by Gasteiger charge is 2.07. The van der Waals surface area contributed by atoms with Crippen LogP contribution in [0.1, 0.15) is 19.7 Å². The van der Waals surface area contributed by atoms with E-state index >= 15 is 0 Å². The van der Waals surface area contributed by atoms with Gasteiger partial charge in [-0.25, -0.2) is 4.98 Å². The summed E-state index contributed by atoms with van der Waals surface area (Å²) in [6.07, 6.45) is 0.864. The highest BCUT2D eigenvalue weighted by Crippen LogP contribution is 2.33. The Kier molecular flexibility index (Phi) is 4.43. The molecular weight excluding hydrogens is 266 g/mol. The molecule has 6 heteroatoms. The number of aromatic nitrogens is 2. The van der Waals surface area contributed by atoms with Crippen LogP contribution in [0, 0.1) is 0 Å². The highest BCUT2D eigenvalue weighted by atomic mass is 32.2. The molecule has 2 N–H and O–H groups in total. The summed E-state index contributed by atoms with van der Waals surface area (Å²) in [6, 6.07) is 5.77. The first-order chi connectivity index (χ1) is 8.72. The normalized spacial score (nSPS) is 10.6. The Balaban J connectivity index is 2.15. The van der Waals surface area contributed by atoms with Crippen LogP contribution in [0.25, 0.3) is 0 Å². The van der Waals surface area contributed by atoms with Crippen molar-refractivity contribution in [2.75, 3.05) is 12.3 Å². The van der Waals surface area contributed by atoms with Crippen molar-refractivity contribution in [1.82, 2.24) is 9.36 Å². The van der Waals surface area contributed by atoms with Crippen LogP contribution >= 0.6 is 23.3 Å². The number of anilines is 1. The molecule has 0 radical (unpaired) electrons. The van der Waals surface area contributed by atoms with Crippen LogP contribution in [-0.4, -0.2) is 16.0 Å². The average Bonchev–Trinajstić information content (AvgIpc) is 2.81. The maximum Gasteiger partial charge on any atom is 0.174 e. The third-order valence-corrected chi connectivity index (χ3v) is 4.03. The molecule has 2 rings (SSSR count). The lowest BCUT2D eigenvalue weighted by Gasteiger charge is -2.07. The fourth-order valence-electron chi connectivity index (χ4n) is 1.38. The number of ether oxygens (including phenoxy) is 1. The molecule has 0 atom stereocenters. The Morgan fingerprint density at radius 1 is 1.39 bits per heavy atom. The topological polar surface area (TPSA) is 61.0 Å². The molecule has 0 aliphatic carbocycles. The minimum atomic E-state index is 0.608. The van der Waals surface area contributed by atoms with Crippen LogP contribution in [0.4, 0.5) is 5.69 Å². The number of nitrogen functional groups attached to an aromatic ring is 1. The van der Waals surface area contributed by atoms with Gasteiger partial charge in [0.15, 0.2) is 4.34 Å². The van der Waals surface area contributed by atoms with Gasteiger partial charge in [0.2, 0.25) is 0 Å². The molecule has 0 spiro atoms. The molecule has 0 fully saturated rings. The molecule has 96 valence electrons. The first-order valence-corrected chi connectivity index (χ1v) is 7.34. The van der Waals surface area contributed by atoms with Crippen molar-refractivity contribution in [2.24, 2.45) is 0 Å². The van der Waals surface area contributed by atoms with Gasteiger partial charge in [-0.15, -0.1) is 0 Å². The number of rotatable bonds is 5. The number of nitrogens with two attached hydrogens (primary N) is 1. The first kappa shape index (κ1) is 13.2. The van der Waals surface area contributed by atoms with Crippen molar-refractivity contribution in [2.45, 2.75) is 29.5 Å². The molecule has 18 heavy (non-hydrogen) atoms. The molecule has 1 aromatic heterocycles. The van der Waals surface area contributed by atoms with Gasteiger partial charge in [-0.05, 0) is 36.7 Å². The molecule has 0 bridgehead atoms. The number of hydrogen-bond acceptors (Lipinski definition) is 6. The van der Waals surface area contributed by atoms with Crippen LogP contribution in [0.2, 0.25) is 0 Å². The van der Waals surface area contributed by atoms with Crippen molar-refractivity contribution in [1.29, 1.82) is 0 Å². The fraction of sp³-hybridized carbons (Fsp3) is 0.333. The van der Waals surface area contributed by atoms with E-state index < -0.39 is 0 Å². The Bertz CT molecular complexity index is 528. The summed E-state index contributed by atoms with van der Waals surface area (Å²) in [6.45, 7) is 4.60. The van der Waals surface area contributed by atoms with E-state index in [9.17, 15) is 0 Å². The van der Waals surface area contributed by atoms with Gasteiger partial charge in [0.1, 0.15) is 11.6 Å². The van der Waals surface area contributed by atoms with E-state index in [0.717, 1.165) is 27.2 Å². The Morgan fingerprint density at radius 2 is 2.22 bits per heavy atom. The molecular formula is C12H15N3OS2. The molecule has 1 heterocycles. The predicted molar refractivity (Wildman–Crippen MR) is 75.4 cm³/mol. The summed E-state index contributed by atoms with van der Waals surface area (Å²) in [5.74, 6) is 1.62. The lowest BCUT2D eigenvalue weighted by molar-refractivity contribution is 0.341. The van der Waals surface area contributed by atoms with Crippen LogP contribution in [-0.2, 0) is 6.42 Å². The number of nitrogens with zero attached hydrogens (tertiary/aromatic N) is 2. The Hall–Kier alpha value is -1.27. The smallest absolute Gasteiger partial charge is 0.174 e. The maximum absolute atomic E-state index is 5.83. The van der Waals surface area contributed by atoms with Crippen molar-refractivity contribution < 1.29 is 4.74 Å². The Labute approximate surface area is 115 Å². The molecule has 0 aliphatic heterocycles. The minimum absolute atomic E-state index is 0.608. The summed E-state index contributed by atoms with van der Waals surface area (Å²) in [7, 11) is 0.